The van der Waals surface area contributed by atoms with Gasteiger partial charge in [-0.15, -0.1) is 0 Å². The molecule has 1 aliphatic heterocycles. The van der Waals surface area contributed by atoms with Crippen molar-refractivity contribution in [3.05, 3.63) is 0 Å². The third-order valence-electron chi connectivity index (χ3n) is 2.13. The summed E-state index contributed by atoms with van der Waals surface area (Å²) in [6, 6.07) is 0. The Morgan fingerprint density at radius 1 is 1.60 bits per heavy atom. The van der Waals surface area contributed by atoms with Crippen LogP contribution in [-0.2, 0) is 0 Å². The van der Waals surface area contributed by atoms with Gasteiger partial charge in [-0.1, -0.05) is 13.3 Å². The summed E-state index contributed by atoms with van der Waals surface area (Å²) in [6.45, 7) is 4.36. The van der Waals surface area contributed by atoms with Gasteiger partial charge in [0.05, 0.1) is 0 Å². The van der Waals surface area contributed by atoms with E-state index in [1.807, 2.05) is 0 Å². The van der Waals surface area contributed by atoms with Gasteiger partial charge in [-0.25, -0.2) is 0 Å². The number of nitrogens with zero attached hydrogens (tertiary/aromatic N) is 1. The van der Waals surface area contributed by atoms with Gasteiger partial charge in [-0.3, -0.25) is 4.90 Å². The molecule has 1 unspecified atom stereocenters. The summed E-state index contributed by atoms with van der Waals surface area (Å²) in [5.74, 6) is 0. The number of unbranched alkanes of at least 4 members (excludes halogenated alkanes) is 1. The molecule has 0 bridgehead atoms. The second-order valence-corrected chi connectivity index (χ2v) is 3.01. The molecule has 0 aromatic heterocycles. The lowest BCUT2D eigenvalue weighted by molar-refractivity contribution is 0.0375. The smallest absolute Gasteiger partial charge is 0.107 e. The quantitative estimate of drug-likeness (QED) is 0.641. The highest BCUT2D eigenvalue weighted by Crippen LogP contribution is 2.14. The average molecular weight is 143 g/mol. The Hall–Kier alpha value is -0.0800. The zero-order valence-electron chi connectivity index (χ0n) is 6.71. The number of rotatable bonds is 3. The Morgan fingerprint density at radius 3 is 2.90 bits per heavy atom. The zero-order valence-corrected chi connectivity index (χ0v) is 6.71. The average Bonchev–Trinajstić information content (AvgIpc) is 2.31. The Morgan fingerprint density at radius 2 is 2.40 bits per heavy atom. The number of likely N-dealkylation sites (tertiary alicyclic amines) is 1. The van der Waals surface area contributed by atoms with Crippen LogP contribution >= 0.6 is 0 Å². The van der Waals surface area contributed by atoms with Gasteiger partial charge in [0.2, 0.25) is 0 Å². The molecule has 1 atom stereocenters. The molecule has 0 aromatic rings. The molecule has 1 rings (SSSR count). The zero-order chi connectivity index (χ0) is 7.40. The lowest BCUT2D eigenvalue weighted by Crippen LogP contribution is -2.29. The van der Waals surface area contributed by atoms with Gasteiger partial charge in [0.1, 0.15) is 6.23 Å². The van der Waals surface area contributed by atoms with Crippen molar-refractivity contribution in [1.82, 2.24) is 4.90 Å². The second kappa shape index (κ2) is 3.94. The fourth-order valence-electron chi connectivity index (χ4n) is 1.43. The molecular weight excluding hydrogens is 126 g/mol. The van der Waals surface area contributed by atoms with Gasteiger partial charge >= 0.3 is 0 Å². The maximum Gasteiger partial charge on any atom is 0.107 e. The number of hydrogen-bond donors (Lipinski definition) is 1. The third kappa shape index (κ3) is 1.96. The van der Waals surface area contributed by atoms with Crippen LogP contribution in [0.4, 0.5) is 0 Å². The highest BCUT2D eigenvalue weighted by atomic mass is 16.3. The maximum atomic E-state index is 9.34. The van der Waals surface area contributed by atoms with E-state index in [4.69, 9.17) is 0 Å². The topological polar surface area (TPSA) is 23.5 Å². The predicted molar refractivity (Wildman–Crippen MR) is 41.7 cm³/mol. The van der Waals surface area contributed by atoms with E-state index in [0.717, 1.165) is 19.5 Å². The van der Waals surface area contributed by atoms with E-state index in [1.165, 1.54) is 19.3 Å². The fraction of sp³-hybridized carbons (Fsp3) is 1.00. The van der Waals surface area contributed by atoms with E-state index in [1.54, 1.807) is 0 Å². The Bertz CT molecular complexity index is 95.3. The molecule has 1 saturated heterocycles. The van der Waals surface area contributed by atoms with E-state index in [9.17, 15) is 5.11 Å². The van der Waals surface area contributed by atoms with Crippen molar-refractivity contribution in [1.29, 1.82) is 0 Å². The van der Waals surface area contributed by atoms with Crippen molar-refractivity contribution in [2.45, 2.75) is 38.8 Å². The molecule has 2 nitrogen and oxygen atoms in total. The minimum Gasteiger partial charge on any atom is -0.378 e. The molecule has 1 N–H and O–H groups in total. The molecular formula is C8H17NO. The summed E-state index contributed by atoms with van der Waals surface area (Å²) in [5, 5.41) is 9.34. The Kier molecular flexibility index (Phi) is 3.16. The van der Waals surface area contributed by atoms with Crippen LogP contribution in [0.15, 0.2) is 0 Å². The van der Waals surface area contributed by atoms with Gasteiger partial charge in [-0.2, -0.15) is 0 Å². The van der Waals surface area contributed by atoms with Crippen LogP contribution < -0.4 is 0 Å². The van der Waals surface area contributed by atoms with Crippen LogP contribution in [-0.4, -0.2) is 29.3 Å². The standard InChI is InChI=1S/C8H17NO/c1-2-3-6-9-7-4-5-8(9)10/h8,10H,2-7H2,1H3. The van der Waals surface area contributed by atoms with Crippen molar-refractivity contribution in [3.8, 4) is 0 Å². The minimum atomic E-state index is -0.133. The predicted octanol–water partition coefficient (Wildman–Crippen LogP) is 1.20. The summed E-state index contributed by atoms with van der Waals surface area (Å²) in [5.41, 5.74) is 0. The van der Waals surface area contributed by atoms with Crippen LogP contribution in [0.5, 0.6) is 0 Å². The van der Waals surface area contributed by atoms with Crippen LogP contribution in [0.1, 0.15) is 32.6 Å². The number of aliphatic hydroxyl groups excluding tert-OH is 1. The van der Waals surface area contributed by atoms with E-state index in [2.05, 4.69) is 11.8 Å². The summed E-state index contributed by atoms with van der Waals surface area (Å²) >= 11 is 0. The maximum absolute atomic E-state index is 9.34. The normalized spacial score (nSPS) is 27.6. The largest absolute Gasteiger partial charge is 0.378 e. The molecule has 0 radical (unpaired) electrons. The molecule has 0 aliphatic carbocycles. The first-order valence-electron chi connectivity index (χ1n) is 4.26. The first kappa shape index (κ1) is 8.02. The lowest BCUT2D eigenvalue weighted by atomic mass is 10.3. The monoisotopic (exact) mass is 143 g/mol. The summed E-state index contributed by atoms with van der Waals surface area (Å²) in [7, 11) is 0. The van der Waals surface area contributed by atoms with Crippen LogP contribution in [0.3, 0.4) is 0 Å². The SMILES string of the molecule is CCCCN1CCCC1O. The molecule has 1 aliphatic rings. The number of aliphatic hydroxyl groups is 1. The van der Waals surface area contributed by atoms with E-state index >= 15 is 0 Å². The van der Waals surface area contributed by atoms with Crippen LogP contribution in [0.2, 0.25) is 0 Å². The highest BCUT2D eigenvalue weighted by molar-refractivity contribution is 4.69. The van der Waals surface area contributed by atoms with Gasteiger partial charge in [0.15, 0.2) is 0 Å². The van der Waals surface area contributed by atoms with E-state index in [0.29, 0.717) is 0 Å². The Balaban J connectivity index is 2.14. The van der Waals surface area contributed by atoms with E-state index in [-0.39, 0.29) is 6.23 Å². The highest BCUT2D eigenvalue weighted by Gasteiger charge is 2.20. The third-order valence-corrected chi connectivity index (χ3v) is 2.13. The molecule has 1 fully saturated rings. The molecule has 1 heterocycles. The molecule has 0 spiro atoms. The minimum absolute atomic E-state index is 0.133. The molecule has 0 aromatic carbocycles. The molecule has 0 amide bonds. The second-order valence-electron chi connectivity index (χ2n) is 3.01. The molecule has 0 saturated carbocycles. The van der Waals surface area contributed by atoms with Crippen LogP contribution in [0.25, 0.3) is 0 Å². The summed E-state index contributed by atoms with van der Waals surface area (Å²) in [4.78, 5) is 2.17. The van der Waals surface area contributed by atoms with E-state index < -0.39 is 0 Å². The van der Waals surface area contributed by atoms with Crippen molar-refractivity contribution in [3.63, 3.8) is 0 Å². The van der Waals surface area contributed by atoms with Gasteiger partial charge in [-0.05, 0) is 19.3 Å². The van der Waals surface area contributed by atoms with Crippen LogP contribution in [0, 0.1) is 0 Å². The first-order valence-corrected chi connectivity index (χ1v) is 4.26. The van der Waals surface area contributed by atoms with Crippen molar-refractivity contribution in [2.75, 3.05) is 13.1 Å². The van der Waals surface area contributed by atoms with Crippen molar-refractivity contribution >= 4 is 0 Å². The first-order chi connectivity index (χ1) is 4.84. The van der Waals surface area contributed by atoms with Gasteiger partial charge in [0.25, 0.3) is 0 Å². The van der Waals surface area contributed by atoms with Gasteiger partial charge < -0.3 is 5.11 Å². The summed E-state index contributed by atoms with van der Waals surface area (Å²) < 4.78 is 0. The van der Waals surface area contributed by atoms with Crippen molar-refractivity contribution < 1.29 is 5.11 Å². The molecule has 10 heavy (non-hydrogen) atoms. The fourth-order valence-corrected chi connectivity index (χ4v) is 1.43. The lowest BCUT2D eigenvalue weighted by Gasteiger charge is -2.18. The Labute approximate surface area is 62.8 Å². The van der Waals surface area contributed by atoms with Crippen molar-refractivity contribution in [2.24, 2.45) is 0 Å². The van der Waals surface area contributed by atoms with Gasteiger partial charge in [0, 0.05) is 13.1 Å². The summed E-state index contributed by atoms with van der Waals surface area (Å²) in [6.07, 6.45) is 4.46. The molecule has 2 heteroatoms. The molecule has 60 valence electrons. The number of hydrogen-bond acceptors (Lipinski definition) is 2.